The van der Waals surface area contributed by atoms with E-state index in [9.17, 15) is 0 Å². The molecule has 3 heteroatoms. The van der Waals surface area contributed by atoms with Crippen LogP contribution in [-0.2, 0) is 0 Å². The molecule has 1 fully saturated rings. The molecule has 0 spiro atoms. The molecule has 2 atom stereocenters. The predicted octanol–water partition coefficient (Wildman–Crippen LogP) is 3.58. The number of likely N-dealkylation sites (tertiary alicyclic amines) is 1. The minimum absolute atomic E-state index is 0.620. The summed E-state index contributed by atoms with van der Waals surface area (Å²) in [5.41, 5.74) is 1.55. The van der Waals surface area contributed by atoms with Gasteiger partial charge in [-0.3, -0.25) is 4.90 Å². The van der Waals surface area contributed by atoms with Gasteiger partial charge in [-0.25, -0.2) is 0 Å². The van der Waals surface area contributed by atoms with E-state index in [0.29, 0.717) is 12.0 Å². The Kier molecular flexibility index (Phi) is 3.64. The molecule has 17 heavy (non-hydrogen) atoms. The molecule has 0 radical (unpaired) electrons. The van der Waals surface area contributed by atoms with Gasteiger partial charge in [0, 0.05) is 35.0 Å². The first-order valence-corrected chi connectivity index (χ1v) is 7.92. The van der Waals surface area contributed by atoms with E-state index in [4.69, 9.17) is 11.6 Å². The number of alkyl halides is 1. The van der Waals surface area contributed by atoms with Gasteiger partial charge in [0.15, 0.2) is 0 Å². The van der Waals surface area contributed by atoms with E-state index in [1.165, 1.54) is 36.6 Å². The highest BCUT2D eigenvalue weighted by molar-refractivity contribution is 7.99. The van der Waals surface area contributed by atoms with Crippen molar-refractivity contribution in [2.45, 2.75) is 29.7 Å². The zero-order valence-electron chi connectivity index (χ0n) is 9.94. The number of fused-ring (bicyclic) bond motifs is 1. The molecule has 3 rings (SSSR count). The normalized spacial score (nSPS) is 28.5. The molecule has 0 aromatic heterocycles. The summed E-state index contributed by atoms with van der Waals surface area (Å²) in [5.74, 6) is 2.74. The van der Waals surface area contributed by atoms with Crippen LogP contribution in [0.25, 0.3) is 0 Å². The smallest absolute Gasteiger partial charge is 0.0379 e. The Balaban J connectivity index is 1.71. The van der Waals surface area contributed by atoms with Crippen molar-refractivity contribution in [1.29, 1.82) is 0 Å². The molecular formula is C14H18ClNS. The third kappa shape index (κ3) is 2.35. The van der Waals surface area contributed by atoms with Crippen molar-refractivity contribution >= 4 is 23.4 Å². The lowest BCUT2D eigenvalue weighted by atomic mass is 10.0. The lowest BCUT2D eigenvalue weighted by Gasteiger charge is -2.25. The summed E-state index contributed by atoms with van der Waals surface area (Å²) in [6.07, 6.45) is 2.60. The average molecular weight is 268 g/mol. The van der Waals surface area contributed by atoms with Gasteiger partial charge in [-0.15, -0.1) is 23.4 Å². The molecule has 0 bridgehead atoms. The quantitative estimate of drug-likeness (QED) is 0.770. The van der Waals surface area contributed by atoms with Crippen LogP contribution in [0.2, 0.25) is 0 Å². The van der Waals surface area contributed by atoms with E-state index in [1.807, 2.05) is 11.8 Å². The lowest BCUT2D eigenvalue weighted by Crippen LogP contribution is -2.34. The molecule has 1 saturated heterocycles. The van der Waals surface area contributed by atoms with Crippen molar-refractivity contribution in [2.24, 2.45) is 0 Å². The van der Waals surface area contributed by atoms with Crippen molar-refractivity contribution in [3.63, 3.8) is 0 Å². The Morgan fingerprint density at radius 1 is 1.35 bits per heavy atom. The van der Waals surface area contributed by atoms with Crippen LogP contribution in [-0.4, -0.2) is 35.7 Å². The van der Waals surface area contributed by atoms with E-state index >= 15 is 0 Å². The number of benzene rings is 1. The topological polar surface area (TPSA) is 3.24 Å². The molecule has 0 aliphatic carbocycles. The summed E-state index contributed by atoms with van der Waals surface area (Å²) < 4.78 is 0. The van der Waals surface area contributed by atoms with Crippen LogP contribution in [0.1, 0.15) is 24.3 Å². The van der Waals surface area contributed by atoms with Crippen molar-refractivity contribution in [3.8, 4) is 0 Å². The van der Waals surface area contributed by atoms with Gasteiger partial charge in [0.05, 0.1) is 0 Å². The van der Waals surface area contributed by atoms with Gasteiger partial charge in [-0.1, -0.05) is 18.2 Å². The van der Waals surface area contributed by atoms with Crippen LogP contribution in [0, 0.1) is 0 Å². The SMILES string of the molecule is ClCC1CCCN1CC1CSc2ccccc21. The van der Waals surface area contributed by atoms with Gasteiger partial charge in [0.25, 0.3) is 0 Å². The van der Waals surface area contributed by atoms with Crippen LogP contribution >= 0.6 is 23.4 Å². The van der Waals surface area contributed by atoms with Gasteiger partial charge in [0.1, 0.15) is 0 Å². The number of thioether (sulfide) groups is 1. The average Bonchev–Trinajstić information content (AvgIpc) is 2.97. The second-order valence-corrected chi connectivity index (χ2v) is 6.36. The Morgan fingerprint density at radius 2 is 2.24 bits per heavy atom. The fourth-order valence-corrected chi connectivity index (χ4v) is 4.57. The Hall–Kier alpha value is -0.180. The fraction of sp³-hybridized carbons (Fsp3) is 0.571. The highest BCUT2D eigenvalue weighted by atomic mass is 35.5. The molecule has 0 saturated carbocycles. The van der Waals surface area contributed by atoms with E-state index in [-0.39, 0.29) is 0 Å². The molecule has 1 nitrogen and oxygen atoms in total. The molecule has 1 aromatic rings. The maximum atomic E-state index is 6.04. The standard InChI is InChI=1S/C14H18ClNS/c15-8-12-4-3-7-16(12)9-11-10-17-14-6-2-1-5-13(11)14/h1-2,5-6,11-12H,3-4,7-10H2. The van der Waals surface area contributed by atoms with Gasteiger partial charge in [0.2, 0.25) is 0 Å². The molecule has 2 aliphatic heterocycles. The minimum Gasteiger partial charge on any atom is -0.299 e. The summed E-state index contributed by atoms with van der Waals surface area (Å²) in [5, 5.41) is 0. The van der Waals surface area contributed by atoms with Gasteiger partial charge < -0.3 is 0 Å². The number of hydrogen-bond donors (Lipinski definition) is 0. The number of rotatable bonds is 3. The summed E-state index contributed by atoms with van der Waals surface area (Å²) in [6.45, 7) is 2.43. The molecule has 2 unspecified atom stereocenters. The first-order valence-electron chi connectivity index (χ1n) is 6.40. The Labute approximate surface area is 113 Å². The van der Waals surface area contributed by atoms with Crippen LogP contribution in [0.4, 0.5) is 0 Å². The zero-order valence-corrected chi connectivity index (χ0v) is 11.5. The second-order valence-electron chi connectivity index (χ2n) is 4.99. The van der Waals surface area contributed by atoms with Crippen molar-refractivity contribution < 1.29 is 0 Å². The Bertz CT molecular complexity index is 396. The van der Waals surface area contributed by atoms with Gasteiger partial charge in [-0.05, 0) is 31.0 Å². The minimum atomic E-state index is 0.620. The first-order chi connectivity index (χ1) is 8.38. The maximum Gasteiger partial charge on any atom is 0.0379 e. The molecule has 1 aromatic carbocycles. The van der Waals surface area contributed by atoms with Crippen LogP contribution < -0.4 is 0 Å². The van der Waals surface area contributed by atoms with E-state index in [1.54, 1.807) is 5.56 Å². The lowest BCUT2D eigenvalue weighted by molar-refractivity contribution is 0.259. The highest BCUT2D eigenvalue weighted by Crippen LogP contribution is 2.40. The van der Waals surface area contributed by atoms with Crippen LogP contribution in [0.15, 0.2) is 29.2 Å². The van der Waals surface area contributed by atoms with Gasteiger partial charge in [-0.2, -0.15) is 0 Å². The van der Waals surface area contributed by atoms with E-state index in [0.717, 1.165) is 5.88 Å². The molecule has 92 valence electrons. The van der Waals surface area contributed by atoms with E-state index in [2.05, 4.69) is 29.2 Å². The van der Waals surface area contributed by atoms with Crippen LogP contribution in [0.5, 0.6) is 0 Å². The summed E-state index contributed by atoms with van der Waals surface area (Å²) in [6, 6.07) is 9.48. The monoisotopic (exact) mass is 267 g/mol. The maximum absolute atomic E-state index is 6.04. The third-order valence-electron chi connectivity index (χ3n) is 3.93. The molecule has 0 N–H and O–H groups in total. The molecule has 2 aliphatic rings. The largest absolute Gasteiger partial charge is 0.299 e. The number of halogens is 1. The zero-order chi connectivity index (χ0) is 11.7. The fourth-order valence-electron chi connectivity index (χ4n) is 2.97. The van der Waals surface area contributed by atoms with Crippen molar-refractivity contribution in [3.05, 3.63) is 29.8 Å². The number of nitrogens with zero attached hydrogens (tertiary/aromatic N) is 1. The Morgan fingerprint density at radius 3 is 3.12 bits per heavy atom. The molecule has 0 amide bonds. The highest BCUT2D eigenvalue weighted by Gasteiger charge is 2.29. The number of hydrogen-bond acceptors (Lipinski definition) is 2. The third-order valence-corrected chi connectivity index (χ3v) is 5.54. The van der Waals surface area contributed by atoms with Crippen molar-refractivity contribution in [2.75, 3.05) is 24.7 Å². The predicted molar refractivity (Wildman–Crippen MR) is 75.2 cm³/mol. The second kappa shape index (κ2) is 5.21. The van der Waals surface area contributed by atoms with Crippen molar-refractivity contribution in [1.82, 2.24) is 4.90 Å². The first kappa shape index (κ1) is 11.9. The van der Waals surface area contributed by atoms with Gasteiger partial charge >= 0.3 is 0 Å². The van der Waals surface area contributed by atoms with E-state index < -0.39 is 0 Å². The summed E-state index contributed by atoms with van der Waals surface area (Å²) in [4.78, 5) is 4.08. The molecular weight excluding hydrogens is 250 g/mol. The summed E-state index contributed by atoms with van der Waals surface area (Å²) >= 11 is 8.05. The summed E-state index contributed by atoms with van der Waals surface area (Å²) in [7, 11) is 0. The van der Waals surface area contributed by atoms with Crippen LogP contribution in [0.3, 0.4) is 0 Å². The molecule has 2 heterocycles.